The van der Waals surface area contributed by atoms with Gasteiger partial charge in [-0.2, -0.15) is 0 Å². The zero-order chi connectivity index (χ0) is 4.00. The number of hydrogen-bond donors (Lipinski definition) is 2. The Morgan fingerprint density at radius 2 is 1.20 bits per heavy atom. The van der Waals surface area contributed by atoms with Gasteiger partial charge < -0.3 is 4.16 Å². The van der Waals surface area contributed by atoms with Gasteiger partial charge in [0.25, 0.3) is 0 Å². The van der Waals surface area contributed by atoms with Gasteiger partial charge in [-0.3, -0.25) is 4.66 Å². The van der Waals surface area contributed by atoms with Crippen LogP contribution < -0.4 is 0 Å². The van der Waals surface area contributed by atoms with E-state index in [0.717, 1.165) is 0 Å². The maximum absolute atomic E-state index is 7.14. The molecule has 2 N–H and O–H groups in total. The Balaban J connectivity index is -0.0000000133. The molecular formula is H7Al2ClO2. The van der Waals surface area contributed by atoms with Crippen LogP contribution in [0.15, 0.2) is 0 Å². The van der Waals surface area contributed by atoms with Crippen LogP contribution in [0.25, 0.3) is 0 Å². The molecule has 0 radical (unpaired) electrons. The molecule has 0 saturated heterocycles. The lowest BCUT2D eigenvalue weighted by Crippen LogP contribution is -1.34. The molecule has 0 rings (SSSR count). The van der Waals surface area contributed by atoms with Gasteiger partial charge >= 0.3 is 16.6 Å². The Hall–Kier alpha value is 1.27. The fraction of sp³-hybridized carbons (Fsp3) is 0. The number of halogens is 1. The predicted octanol–water partition coefficient (Wildman–Crippen LogP) is -2.52. The first kappa shape index (κ1) is 16.3. The summed E-state index contributed by atoms with van der Waals surface area (Å²) < 4.78 is 13.6. The highest BCUT2D eigenvalue weighted by Crippen LogP contribution is 1.31. The maximum Gasteiger partial charge on any atom is 0.407 e. The van der Waals surface area contributed by atoms with Crippen molar-refractivity contribution in [3.8, 4) is 0 Å². The van der Waals surface area contributed by atoms with Gasteiger partial charge in [-0.15, -0.1) is 0 Å². The van der Waals surface area contributed by atoms with Gasteiger partial charge in [-0.05, 0) is 0 Å². The first-order valence-corrected chi connectivity index (χ1v) is 1.85. The van der Waals surface area contributed by atoms with Crippen molar-refractivity contribution < 1.29 is 8.82 Å². The summed E-state index contributed by atoms with van der Waals surface area (Å²) in [4.78, 5) is 0. The maximum atomic E-state index is 7.14. The smallest absolute Gasteiger partial charge is 0.407 e. The van der Waals surface area contributed by atoms with E-state index in [0.29, 0.717) is 16.6 Å². The van der Waals surface area contributed by atoms with E-state index in [-0.39, 0.29) is 17.4 Å². The standard InChI is InChI=1S/2Al.ClHO.H2O.5H/c;;1-2;;;;;;/h;;2H;1H2;;;;;/q;+1;;;;;;;/p-1. The van der Waals surface area contributed by atoms with Crippen LogP contribution in [0.2, 0.25) is 0 Å². The Bertz CT molecular complexity index is 7.61. The van der Waals surface area contributed by atoms with Crippen molar-refractivity contribution >= 4 is 45.9 Å². The molecule has 0 amide bonds. The van der Waals surface area contributed by atoms with E-state index in [1.54, 1.807) is 0 Å². The van der Waals surface area contributed by atoms with Crippen LogP contribution in [0.4, 0.5) is 0 Å². The van der Waals surface area contributed by atoms with E-state index in [4.69, 9.17) is 8.82 Å². The van der Waals surface area contributed by atoms with Gasteiger partial charge in [0.15, 0.2) is 17.4 Å². The molecule has 0 spiro atoms. The summed E-state index contributed by atoms with van der Waals surface area (Å²) in [7, 11) is 0. The largest absolute Gasteiger partial charge is 0.521 e. The van der Waals surface area contributed by atoms with Gasteiger partial charge in [0.2, 0.25) is 0 Å². The van der Waals surface area contributed by atoms with Crippen molar-refractivity contribution in [2.45, 2.75) is 0 Å². The first-order chi connectivity index (χ1) is 2.00. The molecule has 0 aliphatic heterocycles. The molecule has 0 aliphatic rings. The fourth-order valence-electron chi connectivity index (χ4n) is 0. The van der Waals surface area contributed by atoms with Crippen LogP contribution in [0, 0.1) is 0 Å². The molecule has 0 aromatic carbocycles. The Labute approximate surface area is 54.8 Å². The zero-order valence-electron chi connectivity index (χ0n) is 2.27. The quantitative estimate of drug-likeness (QED) is 0.354. The molecule has 0 aliphatic carbocycles. The van der Waals surface area contributed by atoms with Gasteiger partial charge in [-0.1, -0.05) is 0 Å². The van der Waals surface area contributed by atoms with Crippen LogP contribution in [0.5, 0.6) is 0 Å². The molecule has 0 aromatic heterocycles. The SMILES string of the molecule is OCl.[AlH3].[OH][AlH2]. The molecule has 5 heavy (non-hydrogen) atoms. The van der Waals surface area contributed by atoms with E-state index >= 15 is 0 Å². The second-order valence-corrected chi connectivity index (χ2v) is 0. The van der Waals surface area contributed by atoms with Crippen molar-refractivity contribution in [1.82, 2.24) is 0 Å². The summed E-state index contributed by atoms with van der Waals surface area (Å²) in [5.74, 6) is 0. The second kappa shape index (κ2) is 59.3. The minimum atomic E-state index is 0. The third-order valence-electron chi connectivity index (χ3n) is 0. The summed E-state index contributed by atoms with van der Waals surface area (Å²) in [5.41, 5.74) is 0. The van der Waals surface area contributed by atoms with Crippen molar-refractivity contribution in [2.75, 3.05) is 0 Å². The lowest BCUT2D eigenvalue weighted by atomic mass is 15.9. The number of hydrogen-bond acceptors (Lipinski definition) is 2. The van der Waals surface area contributed by atoms with Crippen LogP contribution in [0.1, 0.15) is 0 Å². The van der Waals surface area contributed by atoms with E-state index in [2.05, 4.69) is 11.9 Å². The van der Waals surface area contributed by atoms with Gasteiger partial charge in [0, 0.05) is 0 Å². The van der Waals surface area contributed by atoms with Crippen molar-refractivity contribution in [1.29, 1.82) is 0 Å². The average Bonchev–Trinajstić information content (AvgIpc) is 1.50. The monoisotopic (exact) mass is 128 g/mol. The van der Waals surface area contributed by atoms with Crippen LogP contribution >= 0.6 is 11.9 Å². The molecule has 0 fully saturated rings. The molecule has 0 unspecified atom stereocenters. The highest BCUT2D eigenvalue weighted by molar-refractivity contribution is 6.04. The topological polar surface area (TPSA) is 40.5 Å². The van der Waals surface area contributed by atoms with Crippen molar-refractivity contribution in [3.05, 3.63) is 0 Å². The third-order valence-corrected chi connectivity index (χ3v) is 0. The predicted molar refractivity (Wildman–Crippen MR) is 28.8 cm³/mol. The third kappa shape index (κ3) is 34.8. The normalized spacial score (nSPS) is 2.20. The summed E-state index contributed by atoms with van der Waals surface area (Å²) >= 11 is 3.94. The molecule has 0 saturated carbocycles. The molecule has 0 heterocycles. The minimum absolute atomic E-state index is 0. The van der Waals surface area contributed by atoms with Gasteiger partial charge in [-0.25, -0.2) is 0 Å². The number of rotatable bonds is 0. The highest BCUT2D eigenvalue weighted by Gasteiger charge is 1.05. The Kier molecular flexibility index (Phi) is 193. The van der Waals surface area contributed by atoms with E-state index in [1.807, 2.05) is 0 Å². The summed E-state index contributed by atoms with van der Waals surface area (Å²) in [6.07, 6.45) is 0. The average molecular weight is 128 g/mol. The fourth-order valence-corrected chi connectivity index (χ4v) is 0. The highest BCUT2D eigenvalue weighted by atomic mass is 35.5. The Morgan fingerprint density at radius 3 is 1.20 bits per heavy atom. The van der Waals surface area contributed by atoms with E-state index < -0.39 is 0 Å². The molecule has 32 valence electrons. The molecule has 0 atom stereocenters. The van der Waals surface area contributed by atoms with Crippen molar-refractivity contribution in [3.63, 3.8) is 0 Å². The summed E-state index contributed by atoms with van der Waals surface area (Å²) in [5, 5.41) is 0. The van der Waals surface area contributed by atoms with Crippen LogP contribution in [0.3, 0.4) is 0 Å². The summed E-state index contributed by atoms with van der Waals surface area (Å²) in [6.45, 7) is 0. The summed E-state index contributed by atoms with van der Waals surface area (Å²) in [6, 6.07) is 0. The zero-order valence-corrected chi connectivity index (χ0v) is 5.03. The minimum Gasteiger partial charge on any atom is -0.521 e. The van der Waals surface area contributed by atoms with Gasteiger partial charge in [0.1, 0.15) is 0 Å². The Morgan fingerprint density at radius 1 is 1.20 bits per heavy atom. The lowest BCUT2D eigenvalue weighted by molar-refractivity contribution is 0.629. The molecule has 2 nitrogen and oxygen atoms in total. The molecule has 5 heteroatoms. The molecule has 0 aromatic rings. The lowest BCUT2D eigenvalue weighted by Gasteiger charge is -1.16. The van der Waals surface area contributed by atoms with E-state index in [1.165, 1.54) is 0 Å². The molecular weight excluding hydrogens is 121 g/mol. The van der Waals surface area contributed by atoms with Crippen LogP contribution in [-0.2, 0) is 0 Å². The second-order valence-electron chi connectivity index (χ2n) is 0. The van der Waals surface area contributed by atoms with E-state index in [9.17, 15) is 0 Å². The molecule has 0 bridgehead atoms. The van der Waals surface area contributed by atoms with Crippen molar-refractivity contribution in [2.24, 2.45) is 0 Å². The van der Waals surface area contributed by atoms with Crippen LogP contribution in [-0.4, -0.2) is 42.8 Å². The van der Waals surface area contributed by atoms with Gasteiger partial charge in [0.05, 0.1) is 11.9 Å². The first-order valence-electron chi connectivity index (χ1n) is 0.616.